The third-order valence-electron chi connectivity index (χ3n) is 25.9. The topological polar surface area (TPSA) is 8.82 Å². The first-order valence-corrected chi connectivity index (χ1v) is 45.4. The van der Waals surface area contributed by atoms with Gasteiger partial charge in [-0.1, -0.05) is 467 Å². The molecule has 0 aliphatic heterocycles. The predicted octanol–water partition coefficient (Wildman–Crippen LogP) is 35.5. The van der Waals surface area contributed by atoms with Crippen molar-refractivity contribution in [3.05, 3.63) is 397 Å². The van der Waals surface area contributed by atoms with Crippen LogP contribution in [0, 0.1) is 0 Å². The van der Waals surface area contributed by atoms with Crippen molar-refractivity contribution in [2.45, 2.75) is 183 Å². The number of hydrogen-bond acceptors (Lipinski definition) is 0. The van der Waals surface area contributed by atoms with Crippen molar-refractivity contribution in [3.8, 4) is 89.0 Å². The van der Waals surface area contributed by atoms with E-state index in [1.165, 1.54) is 204 Å². The van der Waals surface area contributed by atoms with E-state index >= 15 is 0 Å². The summed E-state index contributed by atoms with van der Waals surface area (Å²) in [6.07, 6.45) is 0. The molecule has 628 valence electrons. The molecule has 0 atom stereocenters. The van der Waals surface area contributed by atoms with Crippen LogP contribution in [0.1, 0.15) is 184 Å². The van der Waals surface area contributed by atoms with E-state index in [0.29, 0.717) is 0 Å². The molecule has 4 aromatic heterocycles. The summed E-state index contributed by atoms with van der Waals surface area (Å²) in [6.45, 7) is 48.1. The van der Waals surface area contributed by atoms with Crippen LogP contribution in [-0.2, 0) is 37.9 Å². The first-order chi connectivity index (χ1) is 60.0. The Morgan fingerprint density at radius 2 is 0.437 bits per heavy atom. The molecule has 0 amide bonds. The standard InChI is InChI=1S/C30H38.C28H24.2C22H19N.C22H22/c1-28(2,3)23-17-13-21(14-18-23)25-11-10-12-26(27(25)30(7,8)9)22-15-19-24(20-16-22)29(4,5)6;1-28(2,3)19-16-17-26-24-14-7-6-12-22(24)20-10-4-5-11-21(20)23-13-8-9-15-25(23)27(26)18-19;1-22(2,3)17-13-12-15-14-8-4-6-10-18(14)23-19-11-7-5-9-16(19)20(17)21(15)23;1-22(2,3)14-11-12-20-18(13-14)17-9-6-8-16-15-7-4-5-10-19(15)23(20)21(16)17;1-22(2,3)21-19(17-11-6-4-7-12-17)15-10-16-20(21)18-13-8-5-9-14-18/h10-20H,1-9H3;4-18H,1-3H3;2*4-13H,1-3H3;4-16H,1-3H3. The van der Waals surface area contributed by atoms with Crippen LogP contribution in [-0.4, -0.2) is 8.80 Å². The summed E-state index contributed by atoms with van der Waals surface area (Å²) < 4.78 is 4.88. The van der Waals surface area contributed by atoms with Crippen LogP contribution in [0.3, 0.4) is 0 Å². The van der Waals surface area contributed by atoms with Crippen LogP contribution in [0.25, 0.3) is 165 Å². The van der Waals surface area contributed by atoms with Gasteiger partial charge in [-0.2, -0.15) is 0 Å². The zero-order valence-corrected chi connectivity index (χ0v) is 78.0. The molecule has 2 nitrogen and oxygen atoms in total. The third-order valence-corrected chi connectivity index (χ3v) is 25.9. The van der Waals surface area contributed by atoms with Crippen molar-refractivity contribution >= 4 is 76.2 Å². The van der Waals surface area contributed by atoms with Crippen molar-refractivity contribution in [2.75, 3.05) is 0 Å². The van der Waals surface area contributed by atoms with E-state index in [1.807, 2.05) is 0 Å². The van der Waals surface area contributed by atoms with E-state index in [0.717, 1.165) is 0 Å². The Morgan fingerprint density at radius 3 is 0.833 bits per heavy atom. The highest BCUT2D eigenvalue weighted by Gasteiger charge is 2.31. The van der Waals surface area contributed by atoms with E-state index in [9.17, 15) is 0 Å². The first-order valence-electron chi connectivity index (χ1n) is 45.4. The predicted molar refractivity (Wildman–Crippen MR) is 549 cm³/mol. The SMILES string of the molecule is CC(C)(C)c1c(-c2ccccc2)cccc1-c1ccccc1.CC(C)(C)c1ccc(-c2cccc(-c3ccc(C(C)(C)C)cc3)c2C(C)(C)C)cc1.CC(C)(C)c1ccc2c(c1)-c1ccccc1-c1ccccc1-c1ccccc1-2.CC(C)(C)c1ccc2c(c1)c1cccc3c4ccccc4n2c31.CC(C)(C)c1ccc2c3ccccc3n3c4ccccc4c1c23. The summed E-state index contributed by atoms with van der Waals surface area (Å²) >= 11 is 0. The van der Waals surface area contributed by atoms with Gasteiger partial charge in [-0.3, -0.25) is 0 Å². The van der Waals surface area contributed by atoms with Gasteiger partial charge < -0.3 is 8.80 Å². The molecule has 0 spiro atoms. The van der Waals surface area contributed by atoms with Gasteiger partial charge in [0, 0.05) is 43.1 Å². The molecule has 1 aliphatic carbocycles. The molecule has 0 bridgehead atoms. The Bertz CT molecular complexity index is 7210. The summed E-state index contributed by atoms with van der Waals surface area (Å²) in [4.78, 5) is 0. The minimum absolute atomic E-state index is 0.0390. The quantitative estimate of drug-likeness (QED) is 0.166. The second-order valence-electron chi connectivity index (χ2n) is 42.0. The lowest BCUT2D eigenvalue weighted by atomic mass is 9.76. The highest BCUT2D eigenvalue weighted by Crippen LogP contribution is 2.51. The smallest absolute Gasteiger partial charge is 0.0623 e. The Kier molecular flexibility index (Phi) is 22.3. The molecule has 0 N–H and O–H groups in total. The number of para-hydroxylation sites is 4. The van der Waals surface area contributed by atoms with E-state index in [4.69, 9.17) is 0 Å². The first kappa shape index (κ1) is 85.3. The van der Waals surface area contributed by atoms with Gasteiger partial charge in [0.15, 0.2) is 0 Å². The maximum Gasteiger partial charge on any atom is 0.0623 e. The Balaban J connectivity index is 0.000000112. The molecule has 1 aliphatic rings. The number of rotatable bonds is 4. The molecule has 0 radical (unpaired) electrons. The third kappa shape index (κ3) is 16.2. The van der Waals surface area contributed by atoms with Crippen molar-refractivity contribution in [2.24, 2.45) is 0 Å². The average Bonchev–Trinajstić information content (AvgIpc) is 1.55. The highest BCUT2D eigenvalue weighted by molar-refractivity contribution is 6.25. The van der Waals surface area contributed by atoms with Crippen LogP contribution < -0.4 is 0 Å². The van der Waals surface area contributed by atoms with Gasteiger partial charge in [-0.05, 0) is 202 Å². The van der Waals surface area contributed by atoms with Crippen molar-refractivity contribution in [3.63, 3.8) is 0 Å². The van der Waals surface area contributed by atoms with E-state index in [1.54, 1.807) is 0 Å². The fraction of sp³-hybridized carbons (Fsp3) is 0.226. The molecular weight excluding hydrogens is 1520 g/mol. The Morgan fingerprint density at radius 1 is 0.159 bits per heavy atom. The van der Waals surface area contributed by atoms with Gasteiger partial charge in [0.25, 0.3) is 0 Å². The molecule has 4 heterocycles. The fourth-order valence-electron chi connectivity index (χ4n) is 19.5. The molecule has 20 aromatic rings. The van der Waals surface area contributed by atoms with Crippen LogP contribution in [0.5, 0.6) is 0 Å². The molecule has 16 aromatic carbocycles. The molecule has 126 heavy (non-hydrogen) atoms. The number of benzene rings is 16. The number of fused-ring (bicyclic) bond motifs is 20. The zero-order chi connectivity index (χ0) is 88.7. The van der Waals surface area contributed by atoms with Gasteiger partial charge in [-0.15, -0.1) is 0 Å². The average molecular weight is 1640 g/mol. The summed E-state index contributed by atoms with van der Waals surface area (Å²) in [5.41, 5.74) is 39.5. The summed E-state index contributed by atoms with van der Waals surface area (Å²) in [6, 6.07) is 131. The van der Waals surface area contributed by atoms with Gasteiger partial charge in [0.05, 0.1) is 33.1 Å². The Labute approximate surface area is 749 Å². The van der Waals surface area contributed by atoms with E-state index in [2.05, 4.69) is 512 Å². The summed E-state index contributed by atoms with van der Waals surface area (Å²) in [7, 11) is 0. The second kappa shape index (κ2) is 32.9. The number of nitrogens with zero attached hydrogens (tertiary/aromatic N) is 2. The lowest BCUT2D eigenvalue weighted by Gasteiger charge is -2.28. The maximum atomic E-state index is 2.45. The Hall–Kier alpha value is -12.9. The van der Waals surface area contributed by atoms with Gasteiger partial charge in [0.1, 0.15) is 0 Å². The zero-order valence-electron chi connectivity index (χ0n) is 78.0. The molecule has 0 saturated carbocycles. The fourth-order valence-corrected chi connectivity index (χ4v) is 19.5. The monoisotopic (exact) mass is 1640 g/mol. The van der Waals surface area contributed by atoms with Crippen LogP contribution in [0.4, 0.5) is 0 Å². The van der Waals surface area contributed by atoms with Gasteiger partial charge in [-0.25, -0.2) is 0 Å². The van der Waals surface area contributed by atoms with Crippen LogP contribution >= 0.6 is 0 Å². The van der Waals surface area contributed by atoms with Gasteiger partial charge >= 0.3 is 0 Å². The lowest BCUT2D eigenvalue weighted by Crippen LogP contribution is -2.15. The van der Waals surface area contributed by atoms with Crippen molar-refractivity contribution in [1.29, 1.82) is 0 Å². The van der Waals surface area contributed by atoms with E-state index < -0.39 is 0 Å². The highest BCUT2D eigenvalue weighted by atomic mass is 14.9. The minimum atomic E-state index is 0.0390. The second-order valence-corrected chi connectivity index (χ2v) is 42.0. The van der Waals surface area contributed by atoms with E-state index in [-0.39, 0.29) is 37.9 Å². The van der Waals surface area contributed by atoms with Gasteiger partial charge in [0.2, 0.25) is 0 Å². The summed E-state index contributed by atoms with van der Waals surface area (Å²) in [5, 5.41) is 10.9. The van der Waals surface area contributed by atoms with Crippen molar-refractivity contribution < 1.29 is 0 Å². The van der Waals surface area contributed by atoms with Crippen LogP contribution in [0.15, 0.2) is 358 Å². The molecular formula is C124H122N2. The molecule has 2 heteroatoms. The van der Waals surface area contributed by atoms with Crippen LogP contribution in [0.2, 0.25) is 0 Å². The van der Waals surface area contributed by atoms with Crippen molar-refractivity contribution in [1.82, 2.24) is 8.80 Å². The largest absolute Gasteiger partial charge is 0.308 e. The molecule has 0 fully saturated rings. The lowest BCUT2D eigenvalue weighted by molar-refractivity contribution is 0.589. The number of aromatic nitrogens is 2. The molecule has 0 saturated heterocycles. The molecule has 0 unspecified atom stereocenters. The molecule has 21 rings (SSSR count). The number of hydrogen-bond donors (Lipinski definition) is 0. The maximum absolute atomic E-state index is 2.45. The summed E-state index contributed by atoms with van der Waals surface area (Å²) in [5.74, 6) is 0. The minimum Gasteiger partial charge on any atom is -0.308 e. The normalized spacial score (nSPS) is 12.5.